The number of aryl methyl sites for hydroxylation is 1. The Hall–Kier alpha value is -2.08. The van der Waals surface area contributed by atoms with Crippen LogP contribution in [0, 0.1) is 5.41 Å². The van der Waals surface area contributed by atoms with Crippen molar-refractivity contribution in [3.05, 3.63) is 47.5 Å². The number of hydrazine groups is 1. The van der Waals surface area contributed by atoms with Crippen molar-refractivity contribution < 1.29 is 18.0 Å². The molecule has 1 aliphatic rings. The first-order valence-corrected chi connectivity index (χ1v) is 9.29. The zero-order valence-electron chi connectivity index (χ0n) is 15.9. The lowest BCUT2D eigenvalue weighted by Gasteiger charge is -2.30. The Morgan fingerprint density at radius 1 is 1.22 bits per heavy atom. The molecule has 0 spiro atoms. The minimum Gasteiger partial charge on any atom is -0.287 e. The maximum absolute atomic E-state index is 13.9. The Kier molecular flexibility index (Phi) is 5.21. The number of rotatable bonds is 5. The molecule has 2 aromatic carbocycles. The van der Waals surface area contributed by atoms with E-state index in [0.29, 0.717) is 0 Å². The van der Waals surface area contributed by atoms with Crippen molar-refractivity contribution in [3.63, 3.8) is 0 Å². The van der Waals surface area contributed by atoms with Crippen molar-refractivity contribution >= 4 is 16.7 Å². The van der Waals surface area contributed by atoms with Crippen molar-refractivity contribution in [2.24, 2.45) is 5.41 Å². The molecule has 3 nitrogen and oxygen atoms in total. The Morgan fingerprint density at radius 2 is 1.96 bits per heavy atom. The predicted octanol–water partition coefficient (Wildman–Crippen LogP) is 5.16. The molecule has 0 aliphatic carbocycles. The topological polar surface area (TPSA) is 32.3 Å². The average Bonchev–Trinajstić information content (AvgIpc) is 2.84. The number of hydrogen-bond acceptors (Lipinski definition) is 2. The summed E-state index contributed by atoms with van der Waals surface area (Å²) in [6, 6.07) is 8.80. The Bertz CT molecular complexity index is 845. The molecule has 0 saturated carbocycles. The summed E-state index contributed by atoms with van der Waals surface area (Å²) < 4.78 is 41.7. The fourth-order valence-corrected chi connectivity index (χ4v) is 3.64. The molecule has 3 rings (SSSR count). The minimum absolute atomic E-state index is 0.00455. The lowest BCUT2D eigenvalue weighted by molar-refractivity contribution is -0.191. The number of amides is 1. The number of alkyl halides is 3. The highest BCUT2D eigenvalue weighted by atomic mass is 19.4. The third-order valence-corrected chi connectivity index (χ3v) is 5.16. The molecular weight excluding hydrogens is 353 g/mol. The van der Waals surface area contributed by atoms with Gasteiger partial charge >= 0.3 is 6.18 Å². The van der Waals surface area contributed by atoms with Crippen LogP contribution in [-0.4, -0.2) is 23.6 Å². The molecule has 27 heavy (non-hydrogen) atoms. The van der Waals surface area contributed by atoms with E-state index in [1.165, 1.54) is 6.07 Å². The second kappa shape index (κ2) is 7.15. The van der Waals surface area contributed by atoms with Crippen molar-refractivity contribution in [2.45, 2.75) is 52.3 Å². The van der Waals surface area contributed by atoms with Gasteiger partial charge in [-0.1, -0.05) is 43.7 Å². The molecule has 0 unspecified atom stereocenters. The standard InChI is InChI=1S/C21H25F3N2O/c1-4-5-7-14-8-6-9-15-12-16(10-11-17(14)15)18(21(22,23)24)26-13-20(2,3)19(27)25-26/h6,8-12,18H,4-5,7,13H2,1-3H3,(H,25,27)/t18-/m0/s1. The molecule has 1 aliphatic heterocycles. The van der Waals surface area contributed by atoms with Gasteiger partial charge in [0, 0.05) is 6.54 Å². The summed E-state index contributed by atoms with van der Waals surface area (Å²) in [6.45, 7) is 5.42. The number of hydrogen-bond donors (Lipinski definition) is 1. The molecule has 146 valence electrons. The molecule has 0 bridgehead atoms. The van der Waals surface area contributed by atoms with Crippen LogP contribution in [0.5, 0.6) is 0 Å². The van der Waals surface area contributed by atoms with Gasteiger partial charge in [0.15, 0.2) is 0 Å². The zero-order chi connectivity index (χ0) is 19.8. The van der Waals surface area contributed by atoms with Gasteiger partial charge in [-0.3, -0.25) is 10.2 Å². The summed E-state index contributed by atoms with van der Waals surface area (Å²) >= 11 is 0. The summed E-state index contributed by atoms with van der Waals surface area (Å²) in [7, 11) is 0. The van der Waals surface area contributed by atoms with Crippen LogP contribution in [0.15, 0.2) is 36.4 Å². The number of fused-ring (bicyclic) bond motifs is 1. The van der Waals surface area contributed by atoms with Crippen molar-refractivity contribution in [1.82, 2.24) is 10.4 Å². The lowest BCUT2D eigenvalue weighted by atomic mass is 9.93. The van der Waals surface area contributed by atoms with Crippen LogP contribution in [0.3, 0.4) is 0 Å². The third-order valence-electron chi connectivity index (χ3n) is 5.16. The summed E-state index contributed by atoms with van der Waals surface area (Å²) in [5, 5.41) is 2.80. The van der Waals surface area contributed by atoms with E-state index in [1.54, 1.807) is 26.0 Å². The second-order valence-corrected chi connectivity index (χ2v) is 7.90. The quantitative estimate of drug-likeness (QED) is 0.780. The largest absolute Gasteiger partial charge is 0.409 e. The number of nitrogens with one attached hydrogen (secondary N) is 1. The molecule has 0 radical (unpaired) electrons. The monoisotopic (exact) mass is 378 g/mol. The number of carbonyl (C=O) groups is 1. The molecular formula is C21H25F3N2O. The number of unbranched alkanes of at least 4 members (excludes halogenated alkanes) is 1. The van der Waals surface area contributed by atoms with E-state index in [-0.39, 0.29) is 18.0 Å². The first kappa shape index (κ1) is 19.7. The molecule has 6 heteroatoms. The summed E-state index contributed by atoms with van der Waals surface area (Å²) in [6.07, 6.45) is -1.48. The summed E-state index contributed by atoms with van der Waals surface area (Å²) in [5.41, 5.74) is 2.85. The zero-order valence-corrected chi connectivity index (χ0v) is 15.9. The van der Waals surface area contributed by atoms with Crippen LogP contribution in [0.4, 0.5) is 13.2 Å². The van der Waals surface area contributed by atoms with Gasteiger partial charge in [0.05, 0.1) is 5.41 Å². The molecule has 1 atom stereocenters. The van der Waals surface area contributed by atoms with Gasteiger partial charge in [-0.15, -0.1) is 0 Å². The normalized spacial score (nSPS) is 18.7. The highest BCUT2D eigenvalue weighted by Gasteiger charge is 2.51. The average molecular weight is 378 g/mol. The molecule has 1 heterocycles. The van der Waals surface area contributed by atoms with E-state index in [2.05, 4.69) is 12.3 Å². The second-order valence-electron chi connectivity index (χ2n) is 7.90. The van der Waals surface area contributed by atoms with Gasteiger partial charge in [-0.25, -0.2) is 5.01 Å². The highest BCUT2D eigenvalue weighted by molar-refractivity contribution is 5.86. The number of halogens is 3. The van der Waals surface area contributed by atoms with Crippen LogP contribution in [-0.2, 0) is 11.2 Å². The van der Waals surface area contributed by atoms with Crippen LogP contribution in [0.2, 0.25) is 0 Å². The molecule has 1 saturated heterocycles. The van der Waals surface area contributed by atoms with E-state index < -0.39 is 17.6 Å². The van der Waals surface area contributed by atoms with Gasteiger partial charge in [0.1, 0.15) is 6.04 Å². The SMILES string of the molecule is CCCCc1cccc2cc([C@H](N3CC(C)(C)C(=O)N3)C(F)(F)F)ccc12. The maximum Gasteiger partial charge on any atom is 0.409 e. The predicted molar refractivity (Wildman–Crippen MR) is 100.0 cm³/mol. The molecule has 1 amide bonds. The van der Waals surface area contributed by atoms with Crippen molar-refractivity contribution in [3.8, 4) is 0 Å². The van der Waals surface area contributed by atoms with Crippen LogP contribution in [0.25, 0.3) is 10.8 Å². The van der Waals surface area contributed by atoms with Crippen molar-refractivity contribution in [2.75, 3.05) is 6.54 Å². The fourth-order valence-electron chi connectivity index (χ4n) is 3.64. The van der Waals surface area contributed by atoms with E-state index in [9.17, 15) is 18.0 Å². The lowest BCUT2D eigenvalue weighted by Crippen LogP contribution is -2.43. The van der Waals surface area contributed by atoms with E-state index in [4.69, 9.17) is 0 Å². The smallest absolute Gasteiger partial charge is 0.287 e. The molecule has 0 aromatic heterocycles. The van der Waals surface area contributed by atoms with Gasteiger partial charge < -0.3 is 0 Å². The Labute approximate surface area is 157 Å². The van der Waals surface area contributed by atoms with E-state index in [0.717, 1.165) is 40.6 Å². The van der Waals surface area contributed by atoms with E-state index >= 15 is 0 Å². The molecule has 1 N–H and O–H groups in total. The number of nitrogens with zero attached hydrogens (tertiary/aromatic N) is 1. The highest BCUT2D eigenvalue weighted by Crippen LogP contribution is 2.41. The van der Waals surface area contributed by atoms with Gasteiger partial charge in [0.2, 0.25) is 5.91 Å². The first-order valence-electron chi connectivity index (χ1n) is 9.29. The number of benzene rings is 2. The van der Waals surface area contributed by atoms with Gasteiger partial charge in [-0.05, 0) is 54.7 Å². The van der Waals surface area contributed by atoms with Gasteiger partial charge in [0.25, 0.3) is 0 Å². The van der Waals surface area contributed by atoms with E-state index in [1.807, 2.05) is 18.2 Å². The first-order chi connectivity index (χ1) is 12.6. The van der Waals surface area contributed by atoms with Crippen LogP contribution in [0.1, 0.15) is 50.8 Å². The Morgan fingerprint density at radius 3 is 2.56 bits per heavy atom. The minimum atomic E-state index is -4.50. The maximum atomic E-state index is 13.9. The summed E-state index contributed by atoms with van der Waals surface area (Å²) in [4.78, 5) is 12.0. The third kappa shape index (κ3) is 3.95. The molecule has 2 aromatic rings. The summed E-state index contributed by atoms with van der Waals surface area (Å²) in [5.74, 6) is -0.389. The van der Waals surface area contributed by atoms with Crippen LogP contribution >= 0.6 is 0 Å². The molecule has 1 fully saturated rings. The van der Waals surface area contributed by atoms with Gasteiger partial charge in [-0.2, -0.15) is 13.2 Å². The van der Waals surface area contributed by atoms with Crippen molar-refractivity contribution in [1.29, 1.82) is 0 Å². The fraction of sp³-hybridized carbons (Fsp3) is 0.476. The Balaban J connectivity index is 2.01. The number of carbonyl (C=O) groups excluding carboxylic acids is 1. The van der Waals surface area contributed by atoms with Crippen LogP contribution < -0.4 is 5.43 Å².